The Morgan fingerprint density at radius 1 is 0.439 bits per heavy atom. The quantitative estimate of drug-likeness (QED) is 0.0721. The van der Waals surface area contributed by atoms with E-state index in [1.54, 1.807) is 0 Å². The van der Waals surface area contributed by atoms with Gasteiger partial charge in [0.05, 0.1) is 39.6 Å². The number of hydrogen-bond acceptors (Lipinski definition) is 11. The summed E-state index contributed by atoms with van der Waals surface area (Å²) >= 11 is 0. The zero-order valence-corrected chi connectivity index (χ0v) is 27.0. The van der Waals surface area contributed by atoms with Gasteiger partial charge in [-0.05, 0) is 104 Å². The first-order valence-electron chi connectivity index (χ1n) is 15.5. The summed E-state index contributed by atoms with van der Waals surface area (Å²) in [5, 5.41) is 43.6. The molecule has 0 aromatic carbocycles. The molecular formula is C30H68N6O5. The van der Waals surface area contributed by atoms with Gasteiger partial charge < -0.3 is 59.6 Å². The highest BCUT2D eigenvalue weighted by Gasteiger charge is 2.54. The Morgan fingerprint density at radius 2 is 0.683 bits per heavy atom. The largest absolute Gasteiger partial charge is 0.396 e. The molecule has 0 aliphatic rings. The van der Waals surface area contributed by atoms with Gasteiger partial charge in [0, 0.05) is 47.1 Å². The maximum absolute atomic E-state index is 10.9. The van der Waals surface area contributed by atoms with E-state index in [0.717, 1.165) is 0 Å². The van der Waals surface area contributed by atoms with Crippen molar-refractivity contribution in [3.05, 3.63) is 0 Å². The Labute approximate surface area is 250 Å². The molecule has 0 spiro atoms. The van der Waals surface area contributed by atoms with Gasteiger partial charge in [0.2, 0.25) is 0 Å². The Bertz CT molecular complexity index is 606. The van der Waals surface area contributed by atoms with Gasteiger partial charge in [0.15, 0.2) is 0 Å². The van der Waals surface area contributed by atoms with Crippen molar-refractivity contribution in [3.8, 4) is 0 Å². The highest BCUT2D eigenvalue weighted by Crippen LogP contribution is 2.53. The van der Waals surface area contributed by atoms with Crippen molar-refractivity contribution in [1.82, 2.24) is 0 Å². The van der Waals surface area contributed by atoms with Crippen molar-refractivity contribution in [3.63, 3.8) is 0 Å². The van der Waals surface area contributed by atoms with Crippen LogP contribution in [0.25, 0.3) is 0 Å². The van der Waals surface area contributed by atoms with Crippen molar-refractivity contribution in [1.29, 1.82) is 0 Å². The summed E-state index contributed by atoms with van der Waals surface area (Å²) in [6, 6.07) is -1.09. The maximum Gasteiger partial charge on any atom is 0.0572 e. The van der Waals surface area contributed by atoms with Crippen LogP contribution in [0.3, 0.4) is 0 Å². The minimum Gasteiger partial charge on any atom is -0.396 e. The predicted octanol–water partition coefficient (Wildman–Crippen LogP) is 0.122. The lowest BCUT2D eigenvalue weighted by atomic mass is 9.56. The van der Waals surface area contributed by atoms with Crippen LogP contribution < -0.4 is 34.4 Å². The van der Waals surface area contributed by atoms with E-state index in [1.807, 2.05) is 41.5 Å². The second-order valence-electron chi connectivity index (χ2n) is 14.0. The molecular weight excluding hydrogens is 524 g/mol. The molecule has 0 heterocycles. The number of ether oxygens (including phenoxy) is 1. The van der Waals surface area contributed by atoms with Gasteiger partial charge in [-0.25, -0.2) is 0 Å². The minimum absolute atomic E-state index is 0.0279. The predicted molar refractivity (Wildman–Crippen MR) is 168 cm³/mol. The van der Waals surface area contributed by atoms with Crippen LogP contribution in [-0.4, -0.2) is 96.3 Å². The second kappa shape index (κ2) is 18.4. The van der Waals surface area contributed by atoms with Gasteiger partial charge in [-0.1, -0.05) is 0 Å². The fraction of sp³-hybridized carbons (Fsp3) is 1.00. The highest BCUT2D eigenvalue weighted by atomic mass is 16.5. The first kappa shape index (κ1) is 40.6. The molecule has 6 unspecified atom stereocenters. The Kier molecular flexibility index (Phi) is 18.2. The van der Waals surface area contributed by atoms with Crippen molar-refractivity contribution in [2.24, 2.45) is 56.1 Å². The van der Waals surface area contributed by atoms with Crippen molar-refractivity contribution >= 4 is 0 Å². The molecule has 0 radical (unpaired) electrons. The van der Waals surface area contributed by atoms with Gasteiger partial charge in [0.1, 0.15) is 0 Å². The fourth-order valence-electron chi connectivity index (χ4n) is 7.15. The fourth-order valence-corrected chi connectivity index (χ4v) is 7.15. The number of nitrogens with two attached hydrogens (primary N) is 6. The van der Waals surface area contributed by atoms with Crippen molar-refractivity contribution in [2.45, 2.75) is 129 Å². The third-order valence-electron chi connectivity index (χ3n) is 9.22. The molecule has 0 saturated heterocycles. The van der Waals surface area contributed by atoms with E-state index < -0.39 is 21.7 Å². The van der Waals surface area contributed by atoms with E-state index in [1.165, 1.54) is 0 Å². The molecule has 0 saturated carbocycles. The molecule has 248 valence electrons. The average Bonchev–Trinajstić information content (AvgIpc) is 2.85. The molecule has 0 amide bonds. The number of aliphatic hydroxyl groups is 4. The van der Waals surface area contributed by atoms with Crippen LogP contribution in [0.5, 0.6) is 0 Å². The van der Waals surface area contributed by atoms with Gasteiger partial charge in [-0.2, -0.15) is 0 Å². The van der Waals surface area contributed by atoms with Gasteiger partial charge in [-0.15, -0.1) is 0 Å². The Morgan fingerprint density at radius 3 is 0.854 bits per heavy atom. The third kappa shape index (κ3) is 11.5. The standard InChI is InChI=1S/C30H68N6O5/c1-21(31)7-9-27(11-23(3)33,12-24(4)34)29(15-37,16-38)19-41-20-30(17-39,18-40)28(13-25(5)35,14-26(6)36)10-8-22(2)32/h21-26,37-40H,7-20,31-36H2,1-6H3. The molecule has 11 nitrogen and oxygen atoms in total. The van der Waals surface area contributed by atoms with E-state index in [2.05, 4.69) is 0 Å². The summed E-state index contributed by atoms with van der Waals surface area (Å²) in [6.07, 6.45) is 4.52. The zero-order chi connectivity index (χ0) is 32.1. The molecule has 0 fully saturated rings. The average molecular weight is 593 g/mol. The number of rotatable bonds is 24. The van der Waals surface area contributed by atoms with E-state index in [4.69, 9.17) is 39.1 Å². The highest BCUT2D eigenvalue weighted by molar-refractivity contribution is 5.03. The molecule has 0 bridgehead atoms. The maximum atomic E-state index is 10.9. The SMILES string of the molecule is CC(N)CCC(CC(C)N)(CC(C)N)C(CO)(CO)COCC(CO)(CO)C(CCC(C)N)(CC(C)N)CC(C)N. The van der Waals surface area contributed by atoms with Gasteiger partial charge in [-0.3, -0.25) is 0 Å². The van der Waals surface area contributed by atoms with Crippen LogP contribution in [0.15, 0.2) is 0 Å². The summed E-state index contributed by atoms with van der Waals surface area (Å²) in [5.41, 5.74) is 34.1. The zero-order valence-electron chi connectivity index (χ0n) is 27.0. The monoisotopic (exact) mass is 593 g/mol. The lowest BCUT2D eigenvalue weighted by Gasteiger charge is -2.53. The molecule has 6 atom stereocenters. The molecule has 0 aliphatic heterocycles. The molecule has 0 rings (SSSR count). The molecule has 11 heteroatoms. The van der Waals surface area contributed by atoms with Gasteiger partial charge >= 0.3 is 0 Å². The Hall–Kier alpha value is -0.440. The third-order valence-corrected chi connectivity index (χ3v) is 9.22. The van der Waals surface area contributed by atoms with Gasteiger partial charge in [0.25, 0.3) is 0 Å². The number of hydrogen-bond donors (Lipinski definition) is 10. The second-order valence-corrected chi connectivity index (χ2v) is 14.0. The molecule has 0 aliphatic carbocycles. The molecule has 16 N–H and O–H groups in total. The first-order valence-corrected chi connectivity index (χ1v) is 15.5. The summed E-state index contributed by atoms with van der Waals surface area (Å²) < 4.78 is 6.41. The van der Waals surface area contributed by atoms with E-state index in [-0.39, 0.29) is 75.9 Å². The van der Waals surface area contributed by atoms with Crippen molar-refractivity contribution in [2.75, 3.05) is 39.6 Å². The van der Waals surface area contributed by atoms with Crippen LogP contribution in [-0.2, 0) is 4.74 Å². The van der Waals surface area contributed by atoms with Crippen LogP contribution in [0.4, 0.5) is 0 Å². The summed E-state index contributed by atoms with van der Waals surface area (Å²) in [5.74, 6) is 0. The Balaban J connectivity index is 6.73. The topological polar surface area (TPSA) is 246 Å². The minimum atomic E-state index is -1.10. The van der Waals surface area contributed by atoms with Crippen molar-refractivity contribution < 1.29 is 25.2 Å². The number of aliphatic hydroxyl groups excluding tert-OH is 4. The van der Waals surface area contributed by atoms with Crippen LogP contribution in [0.2, 0.25) is 0 Å². The van der Waals surface area contributed by atoms with Crippen LogP contribution in [0, 0.1) is 21.7 Å². The smallest absolute Gasteiger partial charge is 0.0572 e. The molecule has 0 aromatic rings. The first-order chi connectivity index (χ1) is 18.9. The molecule has 41 heavy (non-hydrogen) atoms. The van der Waals surface area contributed by atoms with E-state index in [0.29, 0.717) is 51.4 Å². The van der Waals surface area contributed by atoms with E-state index >= 15 is 0 Å². The lowest BCUT2D eigenvalue weighted by Crippen LogP contribution is -2.57. The molecule has 0 aromatic heterocycles. The lowest BCUT2D eigenvalue weighted by molar-refractivity contribution is -0.168. The summed E-state index contributed by atoms with van der Waals surface area (Å²) in [4.78, 5) is 0. The van der Waals surface area contributed by atoms with E-state index in [9.17, 15) is 20.4 Å². The summed E-state index contributed by atoms with van der Waals surface area (Å²) in [6.45, 7) is 9.97. The van der Waals surface area contributed by atoms with Crippen LogP contribution in [0.1, 0.15) is 92.9 Å². The normalized spacial score (nSPS) is 20.5. The summed E-state index contributed by atoms with van der Waals surface area (Å²) in [7, 11) is 0. The van der Waals surface area contributed by atoms with Crippen LogP contribution >= 0.6 is 0 Å².